The van der Waals surface area contributed by atoms with E-state index >= 15 is 0 Å². The van der Waals surface area contributed by atoms with Gasteiger partial charge in [0.2, 0.25) is 5.89 Å². The molecule has 0 spiro atoms. The molecule has 1 heterocycles. The first kappa shape index (κ1) is 12.2. The van der Waals surface area contributed by atoms with Crippen LogP contribution in [0.15, 0.2) is 46.9 Å². The lowest BCUT2D eigenvalue weighted by Gasteiger charge is -2.00. The number of fused-ring (bicyclic) bond motifs is 1. The van der Waals surface area contributed by atoms with E-state index in [1.165, 1.54) is 5.56 Å². The summed E-state index contributed by atoms with van der Waals surface area (Å²) < 4.78 is 5.74. The number of halogens is 1. The maximum absolute atomic E-state index is 5.94. The van der Waals surface area contributed by atoms with Crippen molar-refractivity contribution in [1.29, 1.82) is 0 Å². The Morgan fingerprint density at radius 2 is 2.05 bits per heavy atom. The van der Waals surface area contributed by atoms with Crippen molar-refractivity contribution in [1.82, 2.24) is 4.98 Å². The van der Waals surface area contributed by atoms with Gasteiger partial charge in [0.15, 0.2) is 5.58 Å². The van der Waals surface area contributed by atoms with Gasteiger partial charge in [-0.15, -0.1) is 0 Å². The van der Waals surface area contributed by atoms with Gasteiger partial charge in [-0.25, -0.2) is 4.98 Å². The van der Waals surface area contributed by atoms with Crippen molar-refractivity contribution in [2.75, 3.05) is 6.54 Å². The number of benzene rings is 2. The molecule has 0 radical (unpaired) electrons. The van der Waals surface area contributed by atoms with Crippen molar-refractivity contribution in [3.8, 4) is 11.5 Å². The molecule has 4 heteroatoms. The molecule has 0 aliphatic rings. The van der Waals surface area contributed by atoms with E-state index in [4.69, 9.17) is 21.8 Å². The van der Waals surface area contributed by atoms with Crippen LogP contribution in [0.4, 0.5) is 0 Å². The Hall–Kier alpha value is -1.84. The first-order valence-electron chi connectivity index (χ1n) is 6.12. The molecule has 0 aliphatic heterocycles. The number of oxazole rings is 1. The fraction of sp³-hybridized carbons (Fsp3) is 0.133. The second-order valence-corrected chi connectivity index (χ2v) is 4.81. The average Bonchev–Trinajstić information content (AvgIpc) is 2.82. The highest BCUT2D eigenvalue weighted by Crippen LogP contribution is 2.26. The lowest BCUT2D eigenvalue weighted by Crippen LogP contribution is -2.02. The Morgan fingerprint density at radius 1 is 1.16 bits per heavy atom. The highest BCUT2D eigenvalue weighted by atomic mass is 35.5. The average molecular weight is 273 g/mol. The van der Waals surface area contributed by atoms with E-state index in [-0.39, 0.29) is 0 Å². The van der Waals surface area contributed by atoms with Crippen LogP contribution in [0.1, 0.15) is 5.56 Å². The largest absolute Gasteiger partial charge is 0.436 e. The second kappa shape index (κ2) is 5.03. The molecule has 1 aromatic heterocycles. The van der Waals surface area contributed by atoms with Gasteiger partial charge >= 0.3 is 0 Å². The Kier molecular flexibility index (Phi) is 3.23. The summed E-state index contributed by atoms with van der Waals surface area (Å²) in [6.07, 6.45) is 0.847. The Labute approximate surface area is 116 Å². The summed E-state index contributed by atoms with van der Waals surface area (Å²) in [5.74, 6) is 0.608. The maximum Gasteiger partial charge on any atom is 0.227 e. The third-order valence-electron chi connectivity index (χ3n) is 2.96. The van der Waals surface area contributed by atoms with Gasteiger partial charge < -0.3 is 10.2 Å². The van der Waals surface area contributed by atoms with E-state index < -0.39 is 0 Å². The molecular formula is C15H13ClN2O. The van der Waals surface area contributed by atoms with Crippen LogP contribution < -0.4 is 5.73 Å². The Balaban J connectivity index is 2.05. The van der Waals surface area contributed by atoms with E-state index in [2.05, 4.69) is 17.1 Å². The fourth-order valence-corrected chi connectivity index (χ4v) is 2.22. The quantitative estimate of drug-likeness (QED) is 0.792. The molecule has 96 valence electrons. The van der Waals surface area contributed by atoms with Crippen LogP contribution in [0.2, 0.25) is 5.02 Å². The van der Waals surface area contributed by atoms with Crippen molar-refractivity contribution in [2.24, 2.45) is 5.73 Å². The Bertz CT molecular complexity index is 721. The Morgan fingerprint density at radius 3 is 2.89 bits per heavy atom. The molecule has 0 aliphatic carbocycles. The molecule has 0 atom stereocenters. The number of rotatable bonds is 3. The van der Waals surface area contributed by atoms with Gasteiger partial charge in [-0.1, -0.05) is 23.7 Å². The summed E-state index contributed by atoms with van der Waals surface area (Å²) in [5.41, 5.74) is 9.22. The third kappa shape index (κ3) is 2.48. The predicted octanol–water partition coefficient (Wildman–Crippen LogP) is 3.65. The van der Waals surface area contributed by atoms with Crippen LogP contribution in [0.5, 0.6) is 0 Å². The van der Waals surface area contributed by atoms with E-state index in [0.717, 1.165) is 23.1 Å². The molecule has 0 unspecified atom stereocenters. The molecule has 0 fully saturated rings. The van der Waals surface area contributed by atoms with Crippen molar-refractivity contribution < 1.29 is 4.42 Å². The number of nitrogens with zero attached hydrogens (tertiary/aromatic N) is 1. The number of hydrogen-bond donors (Lipinski definition) is 1. The summed E-state index contributed by atoms with van der Waals surface area (Å²) >= 11 is 5.94. The number of nitrogens with two attached hydrogens (primary N) is 1. The highest BCUT2D eigenvalue weighted by Gasteiger charge is 2.08. The van der Waals surface area contributed by atoms with E-state index in [9.17, 15) is 0 Å². The van der Waals surface area contributed by atoms with Crippen LogP contribution in [0, 0.1) is 0 Å². The van der Waals surface area contributed by atoms with Crippen molar-refractivity contribution in [2.45, 2.75) is 6.42 Å². The molecule has 0 saturated heterocycles. The summed E-state index contributed by atoms with van der Waals surface area (Å²) in [6.45, 7) is 0.632. The fourth-order valence-electron chi connectivity index (χ4n) is 2.05. The smallest absolute Gasteiger partial charge is 0.227 e. The molecule has 0 saturated carbocycles. The summed E-state index contributed by atoms with van der Waals surface area (Å²) in [4.78, 5) is 4.46. The van der Waals surface area contributed by atoms with E-state index in [1.54, 1.807) is 12.1 Å². The van der Waals surface area contributed by atoms with Crippen LogP contribution in [0.25, 0.3) is 22.6 Å². The third-order valence-corrected chi connectivity index (χ3v) is 3.19. The zero-order chi connectivity index (χ0) is 13.2. The summed E-state index contributed by atoms with van der Waals surface area (Å²) in [5, 5.41) is 0.657. The molecule has 0 bridgehead atoms. The summed E-state index contributed by atoms with van der Waals surface area (Å²) in [7, 11) is 0. The van der Waals surface area contributed by atoms with Crippen molar-refractivity contribution >= 4 is 22.7 Å². The topological polar surface area (TPSA) is 52.0 Å². The highest BCUT2D eigenvalue weighted by molar-refractivity contribution is 6.31. The van der Waals surface area contributed by atoms with Gasteiger partial charge in [-0.05, 0) is 48.9 Å². The van der Waals surface area contributed by atoms with Gasteiger partial charge in [0.25, 0.3) is 0 Å². The standard InChI is InChI=1S/C15H13ClN2O/c16-12-4-5-14-13(9-12)18-15(19-14)11-3-1-2-10(8-11)6-7-17/h1-5,8-9H,6-7,17H2. The van der Waals surface area contributed by atoms with Crippen LogP contribution in [-0.4, -0.2) is 11.5 Å². The summed E-state index contributed by atoms with van der Waals surface area (Å²) in [6, 6.07) is 13.5. The lowest BCUT2D eigenvalue weighted by molar-refractivity contribution is 0.619. The monoisotopic (exact) mass is 272 g/mol. The van der Waals surface area contributed by atoms with Crippen molar-refractivity contribution in [3.05, 3.63) is 53.1 Å². The molecule has 0 amide bonds. The SMILES string of the molecule is NCCc1cccc(-c2nc3cc(Cl)ccc3o2)c1. The van der Waals surface area contributed by atoms with Crippen molar-refractivity contribution in [3.63, 3.8) is 0 Å². The van der Waals surface area contributed by atoms with Gasteiger partial charge in [-0.3, -0.25) is 0 Å². The molecule has 3 rings (SSSR count). The van der Waals surface area contributed by atoms with Gasteiger partial charge in [0, 0.05) is 10.6 Å². The molecule has 19 heavy (non-hydrogen) atoms. The van der Waals surface area contributed by atoms with Crippen LogP contribution in [0.3, 0.4) is 0 Å². The minimum atomic E-state index is 0.608. The molecule has 3 aromatic rings. The van der Waals surface area contributed by atoms with Gasteiger partial charge in [0.1, 0.15) is 5.52 Å². The van der Waals surface area contributed by atoms with E-state index in [0.29, 0.717) is 17.5 Å². The zero-order valence-electron chi connectivity index (χ0n) is 10.3. The first-order chi connectivity index (χ1) is 9.26. The number of hydrogen-bond acceptors (Lipinski definition) is 3. The zero-order valence-corrected chi connectivity index (χ0v) is 11.0. The minimum Gasteiger partial charge on any atom is -0.436 e. The van der Waals surface area contributed by atoms with Crippen LogP contribution >= 0.6 is 11.6 Å². The number of aromatic nitrogens is 1. The first-order valence-corrected chi connectivity index (χ1v) is 6.49. The molecule has 2 aromatic carbocycles. The van der Waals surface area contributed by atoms with E-state index in [1.807, 2.05) is 18.2 Å². The molecule has 3 nitrogen and oxygen atoms in total. The lowest BCUT2D eigenvalue weighted by atomic mass is 10.1. The normalized spacial score (nSPS) is 11.1. The van der Waals surface area contributed by atoms with Gasteiger partial charge in [-0.2, -0.15) is 0 Å². The maximum atomic E-state index is 5.94. The van der Waals surface area contributed by atoms with Crippen LogP contribution in [-0.2, 0) is 6.42 Å². The predicted molar refractivity (Wildman–Crippen MR) is 77.2 cm³/mol. The van der Waals surface area contributed by atoms with Gasteiger partial charge in [0.05, 0.1) is 0 Å². The second-order valence-electron chi connectivity index (χ2n) is 4.37. The molecular weight excluding hydrogens is 260 g/mol. The molecule has 2 N–H and O–H groups in total. The minimum absolute atomic E-state index is 0.608.